The first-order chi connectivity index (χ1) is 8.06. The van der Waals surface area contributed by atoms with Gasteiger partial charge < -0.3 is 16.2 Å². The van der Waals surface area contributed by atoms with Crippen molar-refractivity contribution in [3.63, 3.8) is 0 Å². The molecule has 0 radical (unpaired) electrons. The molecule has 94 valence electrons. The Kier molecular flexibility index (Phi) is 5.12. The number of nitrogens with two attached hydrogens (primary N) is 2. The fourth-order valence-electron chi connectivity index (χ4n) is 1.43. The summed E-state index contributed by atoms with van der Waals surface area (Å²) >= 11 is 0. The van der Waals surface area contributed by atoms with Crippen molar-refractivity contribution in [3.05, 3.63) is 35.9 Å². The third kappa shape index (κ3) is 4.54. The number of rotatable bonds is 6. The normalized spacial score (nSPS) is 11.2. The molecule has 0 unspecified atom stereocenters. The van der Waals surface area contributed by atoms with Crippen molar-refractivity contribution in [3.8, 4) is 0 Å². The number of esters is 1. The summed E-state index contributed by atoms with van der Waals surface area (Å²) in [5.41, 5.74) is 11.0. The van der Waals surface area contributed by atoms with Crippen LogP contribution in [0.2, 0.25) is 0 Å². The summed E-state index contributed by atoms with van der Waals surface area (Å²) in [6.45, 7) is 2.23. The number of carbonyl (C=O) groups excluding carboxylic acids is 1. The second-order valence-corrected chi connectivity index (χ2v) is 4.21. The van der Waals surface area contributed by atoms with Crippen LogP contribution in [-0.4, -0.2) is 11.6 Å². The molecule has 4 N–H and O–H groups in total. The molecular formula is C13H20N2O2. The Balaban J connectivity index is 2.44. The second kappa shape index (κ2) is 6.37. The van der Waals surface area contributed by atoms with E-state index in [9.17, 15) is 4.79 Å². The van der Waals surface area contributed by atoms with Crippen molar-refractivity contribution < 1.29 is 9.53 Å². The lowest BCUT2D eigenvalue weighted by Gasteiger charge is -2.22. The Hall–Kier alpha value is -1.39. The molecule has 0 heterocycles. The van der Waals surface area contributed by atoms with E-state index in [0.717, 1.165) is 18.4 Å². The number of hydrogen-bond acceptors (Lipinski definition) is 4. The van der Waals surface area contributed by atoms with Gasteiger partial charge in [-0.2, -0.15) is 0 Å². The van der Waals surface area contributed by atoms with E-state index in [4.69, 9.17) is 16.2 Å². The molecule has 0 saturated carbocycles. The van der Waals surface area contributed by atoms with Crippen LogP contribution in [-0.2, 0) is 16.1 Å². The van der Waals surface area contributed by atoms with Gasteiger partial charge in [0.1, 0.15) is 6.61 Å². The van der Waals surface area contributed by atoms with Gasteiger partial charge in [0.2, 0.25) is 0 Å². The highest BCUT2D eigenvalue weighted by Crippen LogP contribution is 2.09. The van der Waals surface area contributed by atoms with Crippen molar-refractivity contribution in [2.45, 2.75) is 38.5 Å². The van der Waals surface area contributed by atoms with Crippen molar-refractivity contribution in [2.75, 3.05) is 0 Å². The molecule has 1 aromatic carbocycles. The molecule has 0 bridgehead atoms. The lowest BCUT2D eigenvalue weighted by atomic mass is 10.1. The van der Waals surface area contributed by atoms with Crippen LogP contribution >= 0.6 is 0 Å². The van der Waals surface area contributed by atoms with Gasteiger partial charge in [-0.05, 0) is 18.4 Å². The van der Waals surface area contributed by atoms with Gasteiger partial charge in [0.25, 0.3) is 0 Å². The fourth-order valence-corrected chi connectivity index (χ4v) is 1.43. The maximum Gasteiger partial charge on any atom is 0.341 e. The molecular weight excluding hydrogens is 216 g/mol. The predicted octanol–water partition coefficient (Wildman–Crippen LogP) is 1.53. The monoisotopic (exact) mass is 236 g/mol. The van der Waals surface area contributed by atoms with Gasteiger partial charge in [-0.3, -0.25) is 0 Å². The molecule has 0 aliphatic carbocycles. The number of unbranched alkanes of at least 4 members (excludes halogenated alkanes) is 1. The van der Waals surface area contributed by atoms with Gasteiger partial charge in [0, 0.05) is 0 Å². The zero-order chi connectivity index (χ0) is 12.7. The van der Waals surface area contributed by atoms with Gasteiger partial charge in [-0.15, -0.1) is 0 Å². The summed E-state index contributed by atoms with van der Waals surface area (Å²) in [5.74, 6) is -0.546. The van der Waals surface area contributed by atoms with Gasteiger partial charge >= 0.3 is 5.97 Å². The smallest absolute Gasteiger partial charge is 0.341 e. The average Bonchev–Trinajstić information content (AvgIpc) is 2.34. The van der Waals surface area contributed by atoms with Crippen LogP contribution in [0, 0.1) is 0 Å². The van der Waals surface area contributed by atoms with E-state index in [-0.39, 0.29) is 6.61 Å². The van der Waals surface area contributed by atoms with E-state index in [0.29, 0.717) is 6.42 Å². The van der Waals surface area contributed by atoms with E-state index in [1.165, 1.54) is 0 Å². The highest BCUT2D eigenvalue weighted by Gasteiger charge is 2.30. The molecule has 0 atom stereocenters. The summed E-state index contributed by atoms with van der Waals surface area (Å²) in [5, 5.41) is 0. The average molecular weight is 236 g/mol. The van der Waals surface area contributed by atoms with Crippen LogP contribution in [0.15, 0.2) is 30.3 Å². The molecule has 0 aromatic heterocycles. The minimum Gasteiger partial charge on any atom is -0.458 e. The Morgan fingerprint density at radius 2 is 1.94 bits per heavy atom. The SMILES string of the molecule is CCCCC(N)(N)C(=O)OCc1ccccc1. The molecule has 0 fully saturated rings. The zero-order valence-electron chi connectivity index (χ0n) is 10.2. The Morgan fingerprint density at radius 3 is 2.53 bits per heavy atom. The molecule has 0 amide bonds. The minimum atomic E-state index is -1.37. The molecule has 0 saturated heterocycles. The van der Waals surface area contributed by atoms with E-state index in [2.05, 4.69) is 0 Å². The topological polar surface area (TPSA) is 78.3 Å². The van der Waals surface area contributed by atoms with Crippen LogP contribution in [0.3, 0.4) is 0 Å². The van der Waals surface area contributed by atoms with Crippen molar-refractivity contribution >= 4 is 5.97 Å². The Morgan fingerprint density at radius 1 is 1.29 bits per heavy atom. The van der Waals surface area contributed by atoms with Crippen molar-refractivity contribution in [2.24, 2.45) is 11.5 Å². The molecule has 1 rings (SSSR count). The van der Waals surface area contributed by atoms with Gasteiger partial charge in [-0.1, -0.05) is 43.7 Å². The standard InChI is InChI=1S/C13H20N2O2/c1-2-3-9-13(14,15)12(16)17-10-11-7-5-4-6-8-11/h4-8H,2-3,9-10,14-15H2,1H3. The summed E-state index contributed by atoms with van der Waals surface area (Å²) in [4.78, 5) is 11.7. The summed E-state index contributed by atoms with van der Waals surface area (Å²) < 4.78 is 5.10. The van der Waals surface area contributed by atoms with E-state index in [1.54, 1.807) is 0 Å². The van der Waals surface area contributed by atoms with Crippen LogP contribution in [0.4, 0.5) is 0 Å². The van der Waals surface area contributed by atoms with Gasteiger partial charge in [0.15, 0.2) is 5.66 Å². The Bertz CT molecular complexity index is 350. The second-order valence-electron chi connectivity index (χ2n) is 4.21. The largest absolute Gasteiger partial charge is 0.458 e. The number of hydrogen-bond donors (Lipinski definition) is 2. The first-order valence-corrected chi connectivity index (χ1v) is 5.85. The van der Waals surface area contributed by atoms with E-state index < -0.39 is 11.6 Å². The molecule has 0 spiro atoms. The predicted molar refractivity (Wildman–Crippen MR) is 66.9 cm³/mol. The van der Waals surface area contributed by atoms with Crippen molar-refractivity contribution in [1.29, 1.82) is 0 Å². The first kappa shape index (κ1) is 13.7. The maximum absolute atomic E-state index is 11.7. The Labute approximate surface area is 102 Å². The number of ether oxygens (including phenoxy) is 1. The third-order valence-electron chi connectivity index (χ3n) is 2.54. The lowest BCUT2D eigenvalue weighted by Crippen LogP contribution is -2.57. The van der Waals surface area contributed by atoms with Gasteiger partial charge in [0.05, 0.1) is 0 Å². The zero-order valence-corrected chi connectivity index (χ0v) is 10.2. The minimum absolute atomic E-state index is 0.210. The molecule has 0 aliphatic rings. The maximum atomic E-state index is 11.7. The van der Waals surface area contributed by atoms with Crippen molar-refractivity contribution in [1.82, 2.24) is 0 Å². The number of benzene rings is 1. The van der Waals surface area contributed by atoms with Crippen LogP contribution in [0.5, 0.6) is 0 Å². The fraction of sp³-hybridized carbons (Fsp3) is 0.462. The third-order valence-corrected chi connectivity index (χ3v) is 2.54. The lowest BCUT2D eigenvalue weighted by molar-refractivity contribution is -0.151. The van der Waals surface area contributed by atoms with Crippen LogP contribution in [0.25, 0.3) is 0 Å². The van der Waals surface area contributed by atoms with E-state index >= 15 is 0 Å². The highest BCUT2D eigenvalue weighted by molar-refractivity contribution is 5.79. The summed E-state index contributed by atoms with van der Waals surface area (Å²) in [6, 6.07) is 9.45. The molecule has 4 nitrogen and oxygen atoms in total. The highest BCUT2D eigenvalue weighted by atomic mass is 16.5. The molecule has 1 aromatic rings. The molecule has 0 aliphatic heterocycles. The molecule has 4 heteroatoms. The quantitative estimate of drug-likeness (QED) is 0.580. The van der Waals surface area contributed by atoms with Crippen LogP contribution in [0.1, 0.15) is 31.7 Å². The van der Waals surface area contributed by atoms with Crippen LogP contribution < -0.4 is 11.5 Å². The summed E-state index contributed by atoms with van der Waals surface area (Å²) in [7, 11) is 0. The van der Waals surface area contributed by atoms with Gasteiger partial charge in [-0.25, -0.2) is 4.79 Å². The van der Waals surface area contributed by atoms with E-state index in [1.807, 2.05) is 37.3 Å². The first-order valence-electron chi connectivity index (χ1n) is 5.85. The molecule has 17 heavy (non-hydrogen) atoms. The summed E-state index contributed by atoms with van der Waals surface area (Å²) in [6.07, 6.45) is 2.20. The number of carbonyl (C=O) groups is 1.